The first kappa shape index (κ1) is 25.2. The van der Waals surface area contributed by atoms with Crippen LogP contribution in [0.1, 0.15) is 149 Å². The molecule has 29 heavy (non-hydrogen) atoms. The predicted molar refractivity (Wildman–Crippen MR) is 129 cm³/mol. The first-order valence-electron chi connectivity index (χ1n) is 13.9. The van der Waals surface area contributed by atoms with Crippen LogP contribution in [0.4, 0.5) is 0 Å². The third kappa shape index (κ3) is 11.2. The predicted octanol–water partition coefficient (Wildman–Crippen LogP) is 9.48. The van der Waals surface area contributed by atoms with Crippen LogP contribution in [0.25, 0.3) is 0 Å². The Bertz CT molecular complexity index is 349. The fourth-order valence-electron chi connectivity index (χ4n) is 6.02. The van der Waals surface area contributed by atoms with E-state index in [0.29, 0.717) is 6.10 Å². The molecule has 0 saturated heterocycles. The van der Waals surface area contributed by atoms with Gasteiger partial charge >= 0.3 is 0 Å². The van der Waals surface area contributed by atoms with E-state index in [2.05, 4.69) is 13.8 Å². The van der Waals surface area contributed by atoms with E-state index >= 15 is 0 Å². The minimum atomic E-state index is 0.589. The van der Waals surface area contributed by atoms with Crippen molar-refractivity contribution in [1.29, 1.82) is 0 Å². The Morgan fingerprint density at radius 2 is 1.00 bits per heavy atom. The van der Waals surface area contributed by atoms with Crippen LogP contribution in [0.5, 0.6) is 0 Å². The Hall–Kier alpha value is -0.0400. The second-order valence-electron chi connectivity index (χ2n) is 10.5. The van der Waals surface area contributed by atoms with Crippen LogP contribution < -0.4 is 0 Å². The van der Waals surface area contributed by atoms with Gasteiger partial charge < -0.3 is 4.74 Å². The van der Waals surface area contributed by atoms with E-state index < -0.39 is 0 Å². The van der Waals surface area contributed by atoms with Gasteiger partial charge in [-0.15, -0.1) is 0 Å². The zero-order valence-corrected chi connectivity index (χ0v) is 20.3. The van der Waals surface area contributed by atoms with E-state index in [-0.39, 0.29) is 0 Å². The Morgan fingerprint density at radius 1 is 0.517 bits per heavy atom. The molecule has 0 radical (unpaired) electrons. The summed E-state index contributed by atoms with van der Waals surface area (Å²) in [6, 6.07) is 0. The van der Waals surface area contributed by atoms with Gasteiger partial charge in [-0.05, 0) is 62.7 Å². The smallest absolute Gasteiger partial charge is 0.0575 e. The summed E-state index contributed by atoms with van der Waals surface area (Å²) >= 11 is 0. The molecule has 2 aliphatic rings. The molecular formula is C28H54O. The normalized spacial score (nSPS) is 27.9. The van der Waals surface area contributed by atoms with E-state index in [0.717, 1.165) is 24.4 Å². The van der Waals surface area contributed by atoms with Crippen molar-refractivity contribution in [3.8, 4) is 0 Å². The lowest BCUT2D eigenvalue weighted by molar-refractivity contribution is 0.00527. The monoisotopic (exact) mass is 406 g/mol. The lowest BCUT2D eigenvalue weighted by Crippen LogP contribution is -2.28. The average molecular weight is 407 g/mol. The quantitative estimate of drug-likeness (QED) is 0.232. The van der Waals surface area contributed by atoms with Gasteiger partial charge in [0.2, 0.25) is 0 Å². The summed E-state index contributed by atoms with van der Waals surface area (Å²) in [7, 11) is 0. The molecule has 2 aliphatic carbocycles. The summed E-state index contributed by atoms with van der Waals surface area (Å²) in [5, 5.41) is 0. The number of ether oxygens (including phenoxy) is 1. The maximum Gasteiger partial charge on any atom is 0.0575 e. The molecule has 2 fully saturated rings. The van der Waals surface area contributed by atoms with Gasteiger partial charge in [-0.3, -0.25) is 0 Å². The second kappa shape index (κ2) is 16.6. The molecule has 0 heterocycles. The molecule has 0 spiro atoms. The van der Waals surface area contributed by atoms with Crippen molar-refractivity contribution < 1.29 is 4.74 Å². The molecule has 0 unspecified atom stereocenters. The van der Waals surface area contributed by atoms with Gasteiger partial charge in [-0.2, -0.15) is 0 Å². The van der Waals surface area contributed by atoms with Crippen LogP contribution in [0, 0.1) is 17.8 Å². The van der Waals surface area contributed by atoms with Crippen LogP contribution in [0.2, 0.25) is 0 Å². The first-order valence-corrected chi connectivity index (χ1v) is 13.9. The lowest BCUT2D eigenvalue weighted by atomic mass is 9.70. The highest BCUT2D eigenvalue weighted by Gasteiger charge is 2.30. The minimum absolute atomic E-state index is 0.589. The SMILES string of the molecule is CCCCCCCCCC1CCC([C@H]2CC[C@H](OCCCCCCC)CC2)CC1. The van der Waals surface area contributed by atoms with Crippen LogP contribution >= 0.6 is 0 Å². The molecule has 0 N–H and O–H groups in total. The molecule has 0 bridgehead atoms. The van der Waals surface area contributed by atoms with E-state index in [1.165, 1.54) is 135 Å². The Kier molecular flexibility index (Phi) is 14.5. The number of rotatable bonds is 16. The molecule has 0 amide bonds. The van der Waals surface area contributed by atoms with Crippen molar-refractivity contribution in [2.45, 2.75) is 155 Å². The molecule has 0 aliphatic heterocycles. The summed E-state index contributed by atoms with van der Waals surface area (Å²) in [6.07, 6.45) is 30.9. The molecule has 0 aromatic heterocycles. The zero-order valence-electron chi connectivity index (χ0n) is 20.3. The van der Waals surface area contributed by atoms with Crippen LogP contribution in [-0.4, -0.2) is 12.7 Å². The van der Waals surface area contributed by atoms with Gasteiger partial charge in [0.05, 0.1) is 6.10 Å². The maximum absolute atomic E-state index is 6.20. The summed E-state index contributed by atoms with van der Waals surface area (Å²) in [5.41, 5.74) is 0. The van der Waals surface area contributed by atoms with Crippen LogP contribution in [0.3, 0.4) is 0 Å². The van der Waals surface area contributed by atoms with Gasteiger partial charge in [0.15, 0.2) is 0 Å². The third-order valence-corrected chi connectivity index (χ3v) is 8.09. The molecule has 2 rings (SSSR count). The average Bonchev–Trinajstić information content (AvgIpc) is 2.76. The van der Waals surface area contributed by atoms with E-state index in [1.54, 1.807) is 0 Å². The lowest BCUT2D eigenvalue weighted by Gasteiger charge is -2.38. The van der Waals surface area contributed by atoms with E-state index in [1.807, 2.05) is 0 Å². The van der Waals surface area contributed by atoms with Gasteiger partial charge in [-0.1, -0.05) is 104 Å². The minimum Gasteiger partial charge on any atom is -0.378 e. The van der Waals surface area contributed by atoms with Crippen molar-refractivity contribution in [2.24, 2.45) is 17.8 Å². The van der Waals surface area contributed by atoms with Crippen LogP contribution in [0.15, 0.2) is 0 Å². The van der Waals surface area contributed by atoms with Gasteiger partial charge in [-0.25, -0.2) is 0 Å². The molecular weight excluding hydrogens is 352 g/mol. The number of hydrogen-bond acceptors (Lipinski definition) is 1. The van der Waals surface area contributed by atoms with E-state index in [4.69, 9.17) is 4.74 Å². The fraction of sp³-hybridized carbons (Fsp3) is 1.00. The zero-order chi connectivity index (χ0) is 20.6. The highest BCUT2D eigenvalue weighted by molar-refractivity contribution is 4.82. The highest BCUT2D eigenvalue weighted by Crippen LogP contribution is 2.41. The number of unbranched alkanes of at least 4 members (excludes halogenated alkanes) is 10. The Labute approximate surface area is 184 Å². The van der Waals surface area contributed by atoms with Crippen LogP contribution in [-0.2, 0) is 4.74 Å². The Morgan fingerprint density at radius 3 is 1.59 bits per heavy atom. The standard InChI is InChI=1S/C28H54O/c1-3-5-7-9-10-11-13-15-25-16-18-26(19-17-25)27-20-22-28(23-21-27)29-24-14-12-8-6-4-2/h25-28H,3-24H2,1-2H3/t25?,26?,27-,28-. The molecule has 0 atom stereocenters. The molecule has 0 aromatic carbocycles. The maximum atomic E-state index is 6.20. The molecule has 2 saturated carbocycles. The fourth-order valence-corrected chi connectivity index (χ4v) is 6.02. The molecule has 1 heteroatoms. The van der Waals surface area contributed by atoms with Crippen molar-refractivity contribution in [3.05, 3.63) is 0 Å². The van der Waals surface area contributed by atoms with Gasteiger partial charge in [0, 0.05) is 6.61 Å². The topological polar surface area (TPSA) is 9.23 Å². The summed E-state index contributed by atoms with van der Waals surface area (Å²) < 4.78 is 6.20. The van der Waals surface area contributed by atoms with Gasteiger partial charge in [0.1, 0.15) is 0 Å². The molecule has 0 aromatic rings. The summed E-state index contributed by atoms with van der Waals surface area (Å²) in [5.74, 6) is 3.14. The largest absolute Gasteiger partial charge is 0.378 e. The molecule has 172 valence electrons. The third-order valence-electron chi connectivity index (χ3n) is 8.09. The van der Waals surface area contributed by atoms with Crippen molar-refractivity contribution in [1.82, 2.24) is 0 Å². The van der Waals surface area contributed by atoms with Crippen molar-refractivity contribution >= 4 is 0 Å². The second-order valence-corrected chi connectivity index (χ2v) is 10.5. The van der Waals surface area contributed by atoms with E-state index in [9.17, 15) is 0 Å². The Balaban J connectivity index is 1.45. The summed E-state index contributed by atoms with van der Waals surface area (Å²) in [6.45, 7) is 5.62. The highest BCUT2D eigenvalue weighted by atomic mass is 16.5. The first-order chi connectivity index (χ1) is 14.3. The van der Waals surface area contributed by atoms with Crippen molar-refractivity contribution in [3.63, 3.8) is 0 Å². The number of hydrogen-bond donors (Lipinski definition) is 0. The van der Waals surface area contributed by atoms with Crippen molar-refractivity contribution in [2.75, 3.05) is 6.61 Å². The summed E-state index contributed by atoms with van der Waals surface area (Å²) in [4.78, 5) is 0. The van der Waals surface area contributed by atoms with Gasteiger partial charge in [0.25, 0.3) is 0 Å². The molecule has 1 nitrogen and oxygen atoms in total.